The molecule has 76 valence electrons. The van der Waals surface area contributed by atoms with Crippen molar-refractivity contribution < 1.29 is 0 Å². The Morgan fingerprint density at radius 2 is 1.69 bits per heavy atom. The fourth-order valence-electron chi connectivity index (χ4n) is 3.04. The summed E-state index contributed by atoms with van der Waals surface area (Å²) in [5, 5.41) is 0. The molecule has 1 aliphatic carbocycles. The molecule has 2 aliphatic rings. The van der Waals surface area contributed by atoms with Crippen LogP contribution in [0.25, 0.3) is 0 Å². The van der Waals surface area contributed by atoms with Crippen molar-refractivity contribution in [2.24, 2.45) is 11.8 Å². The molecular formula is C12H23N. The predicted octanol–water partition coefficient (Wildman–Crippen LogP) is 2.91. The Kier molecular flexibility index (Phi) is 2.39. The van der Waals surface area contributed by atoms with Crippen molar-refractivity contribution in [3.63, 3.8) is 0 Å². The lowest BCUT2D eigenvalue weighted by Crippen LogP contribution is -2.48. The Morgan fingerprint density at radius 3 is 2.38 bits per heavy atom. The third kappa shape index (κ3) is 1.90. The molecule has 0 aromatic rings. The summed E-state index contributed by atoms with van der Waals surface area (Å²) in [7, 11) is 0. The van der Waals surface area contributed by atoms with Crippen molar-refractivity contribution in [1.29, 1.82) is 0 Å². The first-order valence-corrected chi connectivity index (χ1v) is 5.82. The maximum absolute atomic E-state index is 2.68. The molecule has 2 atom stereocenters. The van der Waals surface area contributed by atoms with E-state index in [9.17, 15) is 0 Å². The van der Waals surface area contributed by atoms with Crippen molar-refractivity contribution in [2.75, 3.05) is 13.1 Å². The lowest BCUT2D eigenvalue weighted by molar-refractivity contribution is 0.0583. The zero-order valence-corrected chi connectivity index (χ0v) is 9.34. The van der Waals surface area contributed by atoms with E-state index in [0.717, 1.165) is 11.8 Å². The molecule has 1 nitrogen and oxygen atoms in total. The first kappa shape index (κ1) is 9.51. The van der Waals surface area contributed by atoms with Crippen LogP contribution in [0.1, 0.15) is 46.5 Å². The summed E-state index contributed by atoms with van der Waals surface area (Å²) in [6.07, 6.45) is 5.97. The van der Waals surface area contributed by atoms with E-state index >= 15 is 0 Å². The summed E-state index contributed by atoms with van der Waals surface area (Å²) >= 11 is 0. The van der Waals surface area contributed by atoms with E-state index in [0.29, 0.717) is 5.54 Å². The number of nitrogens with zero attached hydrogens (tertiary/aromatic N) is 1. The average molecular weight is 181 g/mol. The second-order valence-corrected chi connectivity index (χ2v) is 5.86. The topological polar surface area (TPSA) is 3.24 Å². The quantitative estimate of drug-likeness (QED) is 0.555. The lowest BCUT2D eigenvalue weighted by atomic mass is 9.86. The van der Waals surface area contributed by atoms with Crippen LogP contribution in [0.5, 0.6) is 0 Å². The fraction of sp³-hybridized carbons (Fsp3) is 1.00. The second-order valence-electron chi connectivity index (χ2n) is 5.86. The first-order chi connectivity index (χ1) is 6.07. The van der Waals surface area contributed by atoms with E-state index in [-0.39, 0.29) is 0 Å². The second kappa shape index (κ2) is 3.27. The molecule has 0 aromatic carbocycles. The van der Waals surface area contributed by atoms with E-state index in [1.165, 1.54) is 38.8 Å². The van der Waals surface area contributed by atoms with Gasteiger partial charge in [0.1, 0.15) is 0 Å². The monoisotopic (exact) mass is 181 g/mol. The summed E-state index contributed by atoms with van der Waals surface area (Å²) < 4.78 is 0. The van der Waals surface area contributed by atoms with Gasteiger partial charge in [0, 0.05) is 12.1 Å². The van der Waals surface area contributed by atoms with Crippen molar-refractivity contribution in [3.8, 4) is 0 Å². The zero-order valence-electron chi connectivity index (χ0n) is 9.34. The Bertz CT molecular complexity index is 180. The van der Waals surface area contributed by atoms with E-state index in [1.54, 1.807) is 0 Å². The Hall–Kier alpha value is -0.0400. The average Bonchev–Trinajstić information content (AvgIpc) is 2.47. The molecule has 1 heteroatoms. The number of rotatable bonds is 0. The molecular weight excluding hydrogens is 158 g/mol. The van der Waals surface area contributed by atoms with Crippen LogP contribution in [-0.2, 0) is 0 Å². The molecule has 2 rings (SSSR count). The van der Waals surface area contributed by atoms with E-state index in [2.05, 4.69) is 25.7 Å². The third-order valence-electron chi connectivity index (χ3n) is 3.99. The first-order valence-electron chi connectivity index (χ1n) is 5.82. The van der Waals surface area contributed by atoms with Gasteiger partial charge in [-0.1, -0.05) is 12.8 Å². The molecule has 1 aliphatic heterocycles. The van der Waals surface area contributed by atoms with Gasteiger partial charge in [-0.3, -0.25) is 4.90 Å². The van der Waals surface area contributed by atoms with Crippen molar-refractivity contribution in [2.45, 2.75) is 52.0 Å². The van der Waals surface area contributed by atoms with Crippen LogP contribution in [0.2, 0.25) is 0 Å². The fourth-order valence-corrected chi connectivity index (χ4v) is 3.04. The van der Waals surface area contributed by atoms with Crippen LogP contribution in [-0.4, -0.2) is 23.5 Å². The van der Waals surface area contributed by atoms with Gasteiger partial charge in [-0.2, -0.15) is 0 Å². The molecule has 0 radical (unpaired) electrons. The Morgan fingerprint density at radius 1 is 1.00 bits per heavy atom. The highest BCUT2D eigenvalue weighted by atomic mass is 15.2. The van der Waals surface area contributed by atoms with Gasteiger partial charge in [-0.05, 0) is 52.0 Å². The van der Waals surface area contributed by atoms with E-state index in [4.69, 9.17) is 0 Å². The van der Waals surface area contributed by atoms with Crippen LogP contribution in [0.3, 0.4) is 0 Å². The number of fused-ring (bicyclic) bond motifs is 1. The van der Waals surface area contributed by atoms with Crippen LogP contribution in [0.15, 0.2) is 0 Å². The maximum atomic E-state index is 2.68. The summed E-state index contributed by atoms with van der Waals surface area (Å²) in [4.78, 5) is 2.68. The van der Waals surface area contributed by atoms with Crippen molar-refractivity contribution >= 4 is 0 Å². The molecule has 1 saturated heterocycles. The number of piperidine rings is 1. The highest BCUT2D eigenvalue weighted by molar-refractivity contribution is 4.89. The van der Waals surface area contributed by atoms with Crippen LogP contribution in [0, 0.1) is 11.8 Å². The van der Waals surface area contributed by atoms with Crippen LogP contribution in [0.4, 0.5) is 0 Å². The van der Waals surface area contributed by atoms with Gasteiger partial charge in [-0.15, -0.1) is 0 Å². The largest absolute Gasteiger partial charge is 0.298 e. The molecule has 0 aromatic heterocycles. The van der Waals surface area contributed by atoms with Crippen molar-refractivity contribution in [1.82, 2.24) is 4.90 Å². The molecule has 13 heavy (non-hydrogen) atoms. The molecule has 0 N–H and O–H groups in total. The van der Waals surface area contributed by atoms with Gasteiger partial charge in [0.2, 0.25) is 0 Å². The minimum Gasteiger partial charge on any atom is -0.298 e. The normalized spacial score (nSPS) is 36.2. The standard InChI is InChI=1S/C12H23N/c1-12(2,3)13-8-7-10-5-4-6-11(10)9-13/h10-11H,4-9H2,1-3H3. The van der Waals surface area contributed by atoms with Crippen LogP contribution >= 0.6 is 0 Å². The Balaban J connectivity index is 1.97. The van der Waals surface area contributed by atoms with Crippen LogP contribution < -0.4 is 0 Å². The van der Waals surface area contributed by atoms with Gasteiger partial charge in [0.25, 0.3) is 0 Å². The number of hydrogen-bond donors (Lipinski definition) is 0. The molecule has 1 heterocycles. The van der Waals surface area contributed by atoms with E-state index in [1.807, 2.05) is 0 Å². The summed E-state index contributed by atoms with van der Waals surface area (Å²) in [5.74, 6) is 2.12. The molecule has 1 saturated carbocycles. The predicted molar refractivity (Wildman–Crippen MR) is 56.8 cm³/mol. The number of likely N-dealkylation sites (tertiary alicyclic amines) is 1. The molecule has 2 fully saturated rings. The molecule has 0 amide bonds. The van der Waals surface area contributed by atoms with Gasteiger partial charge in [0.05, 0.1) is 0 Å². The highest BCUT2D eigenvalue weighted by Gasteiger charge is 2.35. The zero-order chi connectivity index (χ0) is 9.47. The van der Waals surface area contributed by atoms with Crippen molar-refractivity contribution in [3.05, 3.63) is 0 Å². The summed E-state index contributed by atoms with van der Waals surface area (Å²) in [5.41, 5.74) is 0.396. The lowest BCUT2D eigenvalue weighted by Gasteiger charge is -2.43. The Labute approximate surface area is 82.5 Å². The SMILES string of the molecule is CC(C)(C)N1CCC2CCCC2C1. The summed E-state index contributed by atoms with van der Waals surface area (Å²) in [6.45, 7) is 9.76. The third-order valence-corrected chi connectivity index (χ3v) is 3.99. The van der Waals surface area contributed by atoms with E-state index < -0.39 is 0 Å². The van der Waals surface area contributed by atoms with Gasteiger partial charge in [-0.25, -0.2) is 0 Å². The smallest absolute Gasteiger partial charge is 0.0125 e. The molecule has 0 bridgehead atoms. The summed E-state index contributed by atoms with van der Waals surface area (Å²) in [6, 6.07) is 0. The minimum absolute atomic E-state index is 0.396. The van der Waals surface area contributed by atoms with Gasteiger partial charge >= 0.3 is 0 Å². The molecule has 0 spiro atoms. The number of hydrogen-bond acceptors (Lipinski definition) is 1. The van der Waals surface area contributed by atoms with Gasteiger partial charge < -0.3 is 0 Å². The van der Waals surface area contributed by atoms with Gasteiger partial charge in [0.15, 0.2) is 0 Å². The minimum atomic E-state index is 0.396. The highest BCUT2D eigenvalue weighted by Crippen LogP contribution is 2.39. The molecule has 2 unspecified atom stereocenters. The maximum Gasteiger partial charge on any atom is 0.0125 e.